The smallest absolute Gasteiger partial charge is 0.216 e. The van der Waals surface area contributed by atoms with Crippen LogP contribution < -0.4 is 4.90 Å². The largest absolute Gasteiger partial charge is 0.354 e. The lowest BCUT2D eigenvalue weighted by Gasteiger charge is -2.36. The number of anilines is 1. The molecule has 8 heteroatoms. The number of benzene rings is 1. The Hall–Kier alpha value is -2.06. The van der Waals surface area contributed by atoms with E-state index >= 15 is 0 Å². The van der Waals surface area contributed by atoms with Gasteiger partial charge in [0.15, 0.2) is 0 Å². The Morgan fingerprint density at radius 3 is 2.34 bits per heavy atom. The maximum atomic E-state index is 14.3. The molecule has 2 heterocycles. The second kappa shape index (κ2) is 8.75. The Morgan fingerprint density at radius 2 is 1.76 bits per heavy atom. The van der Waals surface area contributed by atoms with Gasteiger partial charge in [-0.2, -0.15) is 4.31 Å². The zero-order valence-electron chi connectivity index (χ0n) is 17.5. The van der Waals surface area contributed by atoms with Crippen molar-refractivity contribution in [3.05, 3.63) is 52.7 Å². The second-order valence-electron chi connectivity index (χ2n) is 7.62. The number of rotatable bonds is 6. The first-order valence-electron chi connectivity index (χ1n) is 10.1. The van der Waals surface area contributed by atoms with E-state index in [-0.39, 0.29) is 5.82 Å². The summed E-state index contributed by atoms with van der Waals surface area (Å²) in [6, 6.07) is 6.76. The normalized spacial score (nSPS) is 15.9. The number of sulfonamides is 1. The van der Waals surface area contributed by atoms with Gasteiger partial charge in [0.25, 0.3) is 0 Å². The predicted octanol–water partition coefficient (Wildman–Crippen LogP) is 2.94. The third kappa shape index (κ3) is 4.59. The molecule has 0 aliphatic carbocycles. The maximum Gasteiger partial charge on any atom is 0.216 e. The van der Waals surface area contributed by atoms with Gasteiger partial charge in [-0.1, -0.05) is 25.1 Å². The van der Waals surface area contributed by atoms with Crippen molar-refractivity contribution in [1.82, 2.24) is 14.3 Å². The van der Waals surface area contributed by atoms with E-state index < -0.39 is 15.3 Å². The lowest BCUT2D eigenvalue weighted by molar-refractivity contribution is 0.379. The van der Waals surface area contributed by atoms with Crippen LogP contribution in [0.1, 0.15) is 43.4 Å². The van der Waals surface area contributed by atoms with Crippen LogP contribution in [0.5, 0.6) is 0 Å². The van der Waals surface area contributed by atoms with Gasteiger partial charge in [-0.05, 0) is 38.8 Å². The molecule has 2 aromatic rings. The standard InChI is InChI=1S/C21H29FN4O2S/c1-5-20-18(14-17-8-6-7-9-19(17)22)21(24-16(4)23-20)25-10-12-26(13-11-25)29(27,28)15(2)3/h6-9,15H,5,10-14H2,1-4H3. The highest BCUT2D eigenvalue weighted by Gasteiger charge is 2.31. The number of halogens is 1. The van der Waals surface area contributed by atoms with Crippen molar-refractivity contribution >= 4 is 15.8 Å². The van der Waals surface area contributed by atoms with Crippen molar-refractivity contribution < 1.29 is 12.8 Å². The summed E-state index contributed by atoms with van der Waals surface area (Å²) >= 11 is 0. The minimum Gasteiger partial charge on any atom is -0.354 e. The summed E-state index contributed by atoms with van der Waals surface area (Å²) in [7, 11) is -3.27. The number of piperazine rings is 1. The quantitative estimate of drug-likeness (QED) is 0.719. The molecule has 1 aromatic carbocycles. The van der Waals surface area contributed by atoms with Crippen molar-refractivity contribution in [3.63, 3.8) is 0 Å². The fourth-order valence-corrected chi connectivity index (χ4v) is 4.93. The van der Waals surface area contributed by atoms with E-state index in [1.807, 2.05) is 19.9 Å². The Bertz CT molecular complexity index is 971. The van der Waals surface area contributed by atoms with E-state index in [0.717, 1.165) is 23.5 Å². The lowest BCUT2D eigenvalue weighted by Crippen LogP contribution is -2.51. The van der Waals surface area contributed by atoms with Gasteiger partial charge in [0.1, 0.15) is 17.5 Å². The van der Waals surface area contributed by atoms with Crippen LogP contribution in [0.25, 0.3) is 0 Å². The Labute approximate surface area is 172 Å². The minimum absolute atomic E-state index is 0.242. The van der Waals surface area contributed by atoms with Crippen LogP contribution in [0.2, 0.25) is 0 Å². The first-order valence-corrected chi connectivity index (χ1v) is 11.6. The van der Waals surface area contributed by atoms with E-state index in [9.17, 15) is 12.8 Å². The van der Waals surface area contributed by atoms with Gasteiger partial charge in [-0.25, -0.2) is 22.8 Å². The van der Waals surface area contributed by atoms with Gasteiger partial charge < -0.3 is 4.90 Å². The zero-order valence-corrected chi connectivity index (χ0v) is 18.3. The monoisotopic (exact) mass is 420 g/mol. The van der Waals surface area contributed by atoms with E-state index in [2.05, 4.69) is 14.9 Å². The molecule has 1 aliphatic rings. The number of aryl methyl sites for hydroxylation is 2. The third-order valence-corrected chi connectivity index (χ3v) is 7.61. The summed E-state index contributed by atoms with van der Waals surface area (Å²) in [6.45, 7) is 9.24. The molecule has 29 heavy (non-hydrogen) atoms. The first-order chi connectivity index (χ1) is 13.7. The molecule has 1 fully saturated rings. The van der Waals surface area contributed by atoms with Crippen LogP contribution in [0.3, 0.4) is 0 Å². The Morgan fingerprint density at radius 1 is 1.10 bits per heavy atom. The van der Waals surface area contributed by atoms with Crippen molar-refractivity contribution in [1.29, 1.82) is 0 Å². The van der Waals surface area contributed by atoms with Gasteiger partial charge in [-0.3, -0.25) is 0 Å². The molecule has 0 spiro atoms. The van der Waals surface area contributed by atoms with Crippen LogP contribution in [-0.2, 0) is 22.9 Å². The molecular formula is C21H29FN4O2S. The van der Waals surface area contributed by atoms with Gasteiger partial charge in [0, 0.05) is 43.9 Å². The SMILES string of the molecule is CCc1nc(C)nc(N2CCN(S(=O)(=O)C(C)C)CC2)c1Cc1ccccc1F. The highest BCUT2D eigenvalue weighted by Crippen LogP contribution is 2.27. The molecule has 6 nitrogen and oxygen atoms in total. The highest BCUT2D eigenvalue weighted by atomic mass is 32.2. The molecule has 0 amide bonds. The third-order valence-electron chi connectivity index (χ3n) is 5.34. The average molecular weight is 421 g/mol. The molecule has 1 aliphatic heterocycles. The minimum atomic E-state index is -3.27. The van der Waals surface area contributed by atoms with E-state index in [1.54, 1.807) is 30.3 Å². The van der Waals surface area contributed by atoms with Crippen molar-refractivity contribution in [2.75, 3.05) is 31.1 Å². The zero-order chi connectivity index (χ0) is 21.2. The number of hydrogen-bond donors (Lipinski definition) is 0. The molecule has 0 radical (unpaired) electrons. The molecule has 1 aromatic heterocycles. The van der Waals surface area contributed by atoms with Crippen LogP contribution in [-0.4, -0.2) is 54.1 Å². The van der Waals surface area contributed by atoms with Crippen LogP contribution in [0.4, 0.5) is 10.2 Å². The highest BCUT2D eigenvalue weighted by molar-refractivity contribution is 7.89. The van der Waals surface area contributed by atoms with Crippen molar-refractivity contribution in [2.24, 2.45) is 0 Å². The molecule has 0 atom stereocenters. The molecule has 0 unspecified atom stereocenters. The number of aromatic nitrogens is 2. The van der Waals surface area contributed by atoms with E-state index in [1.165, 1.54) is 6.07 Å². The predicted molar refractivity (Wildman–Crippen MR) is 113 cm³/mol. The Balaban J connectivity index is 1.92. The summed E-state index contributed by atoms with van der Waals surface area (Å²) in [4.78, 5) is 11.4. The summed E-state index contributed by atoms with van der Waals surface area (Å²) in [5.41, 5.74) is 2.44. The fraction of sp³-hybridized carbons (Fsp3) is 0.524. The number of nitrogens with zero attached hydrogens (tertiary/aromatic N) is 4. The number of hydrogen-bond acceptors (Lipinski definition) is 5. The fourth-order valence-electron chi connectivity index (χ4n) is 3.66. The Kier molecular flexibility index (Phi) is 6.53. The van der Waals surface area contributed by atoms with Crippen LogP contribution in [0, 0.1) is 12.7 Å². The summed E-state index contributed by atoms with van der Waals surface area (Å²) in [5.74, 6) is 1.22. The lowest BCUT2D eigenvalue weighted by atomic mass is 10.0. The molecule has 0 N–H and O–H groups in total. The van der Waals surface area contributed by atoms with E-state index in [4.69, 9.17) is 0 Å². The van der Waals surface area contributed by atoms with Gasteiger partial charge in [0.2, 0.25) is 10.0 Å². The topological polar surface area (TPSA) is 66.4 Å². The summed E-state index contributed by atoms with van der Waals surface area (Å²) in [6.07, 6.45) is 1.14. The molecule has 1 saturated heterocycles. The first kappa shape index (κ1) is 21.6. The molecule has 0 saturated carbocycles. The molecule has 0 bridgehead atoms. The van der Waals surface area contributed by atoms with Crippen LogP contribution >= 0.6 is 0 Å². The summed E-state index contributed by atoms with van der Waals surface area (Å²) < 4.78 is 40.8. The van der Waals surface area contributed by atoms with Crippen LogP contribution in [0.15, 0.2) is 24.3 Å². The van der Waals surface area contributed by atoms with E-state index in [0.29, 0.717) is 44.0 Å². The van der Waals surface area contributed by atoms with Gasteiger partial charge in [-0.15, -0.1) is 0 Å². The summed E-state index contributed by atoms with van der Waals surface area (Å²) in [5, 5.41) is -0.432. The van der Waals surface area contributed by atoms with Gasteiger partial charge >= 0.3 is 0 Å². The van der Waals surface area contributed by atoms with Crippen molar-refractivity contribution in [2.45, 2.75) is 45.8 Å². The molecule has 158 valence electrons. The maximum absolute atomic E-state index is 14.3. The second-order valence-corrected chi connectivity index (χ2v) is 10.1. The molecular weight excluding hydrogens is 391 g/mol. The van der Waals surface area contributed by atoms with Crippen molar-refractivity contribution in [3.8, 4) is 0 Å². The molecule has 3 rings (SSSR count). The average Bonchev–Trinajstić information content (AvgIpc) is 2.70. The van der Waals surface area contributed by atoms with Gasteiger partial charge in [0.05, 0.1) is 5.25 Å².